The topological polar surface area (TPSA) is 113 Å². The van der Waals surface area contributed by atoms with E-state index in [1.54, 1.807) is 20.8 Å². The maximum Gasteiger partial charge on any atom is 0.340 e. The number of ether oxygens (including phenoxy) is 2. The number of nitrogens with one attached hydrogen (secondary N) is 3. The number of hydrogen-bond acceptors (Lipinski definition) is 5. The average molecular weight is 375 g/mol. The highest BCUT2D eigenvalue weighted by Crippen LogP contribution is 2.19. The summed E-state index contributed by atoms with van der Waals surface area (Å²) in [5.41, 5.74) is 3.49. The Labute approximate surface area is 157 Å². The number of aromatic nitrogens is 2. The van der Waals surface area contributed by atoms with Crippen LogP contribution in [0.15, 0.2) is 10.9 Å². The zero-order chi connectivity index (χ0) is 20.1. The van der Waals surface area contributed by atoms with Crippen LogP contribution in [0.5, 0.6) is 0 Å². The van der Waals surface area contributed by atoms with E-state index in [1.807, 2.05) is 13.0 Å². The van der Waals surface area contributed by atoms with Gasteiger partial charge in [-0.3, -0.25) is 9.59 Å². The first kappa shape index (κ1) is 20.4. The molecule has 3 N–H and O–H groups in total. The van der Waals surface area contributed by atoms with E-state index in [4.69, 9.17) is 9.47 Å². The second-order valence-corrected chi connectivity index (χ2v) is 6.38. The second-order valence-electron chi connectivity index (χ2n) is 6.38. The van der Waals surface area contributed by atoms with E-state index >= 15 is 0 Å². The van der Waals surface area contributed by atoms with E-state index in [-0.39, 0.29) is 24.4 Å². The van der Waals surface area contributed by atoms with Crippen molar-refractivity contribution >= 4 is 11.9 Å². The van der Waals surface area contributed by atoms with Gasteiger partial charge in [-0.15, -0.1) is 0 Å². The van der Waals surface area contributed by atoms with E-state index < -0.39 is 11.9 Å². The molecule has 0 aliphatic rings. The fourth-order valence-electron chi connectivity index (χ4n) is 2.93. The third kappa shape index (κ3) is 4.65. The summed E-state index contributed by atoms with van der Waals surface area (Å²) in [6.45, 7) is 7.52. The Hall–Kier alpha value is -2.87. The zero-order valence-corrected chi connectivity index (χ0v) is 16.2. The first-order chi connectivity index (χ1) is 12.8. The van der Waals surface area contributed by atoms with Gasteiger partial charge in [0.05, 0.1) is 12.2 Å². The van der Waals surface area contributed by atoms with Crippen molar-refractivity contribution in [2.45, 2.75) is 34.2 Å². The van der Waals surface area contributed by atoms with Gasteiger partial charge in [-0.1, -0.05) is 0 Å². The highest BCUT2D eigenvalue weighted by Gasteiger charge is 2.23. The maximum atomic E-state index is 12.6. The third-order valence-corrected chi connectivity index (χ3v) is 4.31. The lowest BCUT2D eigenvalue weighted by atomic mass is 10.1. The molecule has 0 aliphatic heterocycles. The van der Waals surface area contributed by atoms with Crippen LogP contribution < -0.4 is 10.9 Å². The number of H-pyrrole nitrogens is 2. The van der Waals surface area contributed by atoms with E-state index in [0.29, 0.717) is 29.0 Å². The van der Waals surface area contributed by atoms with Gasteiger partial charge >= 0.3 is 5.97 Å². The van der Waals surface area contributed by atoms with Crippen LogP contribution in [0.4, 0.5) is 0 Å². The summed E-state index contributed by atoms with van der Waals surface area (Å²) in [6, 6.07) is 1.85. The molecule has 0 unspecified atom stereocenters. The summed E-state index contributed by atoms with van der Waals surface area (Å²) in [4.78, 5) is 42.5. The average Bonchev–Trinajstić information content (AvgIpc) is 2.88. The maximum absolute atomic E-state index is 12.6. The number of pyridine rings is 1. The van der Waals surface area contributed by atoms with Gasteiger partial charge in [-0.25, -0.2) is 4.79 Å². The molecule has 0 spiro atoms. The van der Waals surface area contributed by atoms with E-state index in [0.717, 1.165) is 11.3 Å². The van der Waals surface area contributed by atoms with Crippen LogP contribution >= 0.6 is 0 Å². The molecule has 27 heavy (non-hydrogen) atoms. The molecule has 0 saturated heterocycles. The standard InChI is InChI=1S/C19H25N3O5/c1-10-8-11(2)21-17(23)14(10)9-20-18(24)16-12(3)15(13(4)22-16)19(25)27-7-6-26-5/h8,22H,6-7,9H2,1-5H3,(H,20,24)(H,21,23). The summed E-state index contributed by atoms with van der Waals surface area (Å²) in [7, 11) is 1.52. The van der Waals surface area contributed by atoms with Gasteiger partial charge in [0.25, 0.3) is 11.5 Å². The van der Waals surface area contributed by atoms with Crippen molar-refractivity contribution in [2.75, 3.05) is 20.3 Å². The summed E-state index contributed by atoms with van der Waals surface area (Å²) >= 11 is 0. The zero-order valence-electron chi connectivity index (χ0n) is 16.2. The lowest BCUT2D eigenvalue weighted by molar-refractivity contribution is 0.0387. The van der Waals surface area contributed by atoms with Gasteiger partial charge in [0.1, 0.15) is 12.3 Å². The first-order valence-electron chi connectivity index (χ1n) is 8.59. The van der Waals surface area contributed by atoms with E-state index in [1.165, 1.54) is 7.11 Å². The molecule has 0 aliphatic carbocycles. The molecule has 2 aromatic rings. The number of aryl methyl sites for hydroxylation is 3. The van der Waals surface area contributed by atoms with Crippen molar-refractivity contribution < 1.29 is 19.1 Å². The van der Waals surface area contributed by atoms with Crippen molar-refractivity contribution in [3.63, 3.8) is 0 Å². The Balaban J connectivity index is 2.15. The Bertz CT molecular complexity index is 911. The number of amides is 1. The minimum atomic E-state index is -0.511. The number of aromatic amines is 2. The summed E-state index contributed by atoms with van der Waals surface area (Å²) < 4.78 is 9.99. The van der Waals surface area contributed by atoms with Crippen LogP contribution in [0.25, 0.3) is 0 Å². The summed E-state index contributed by atoms with van der Waals surface area (Å²) in [5.74, 6) is -0.908. The molecule has 0 aromatic carbocycles. The molecule has 2 rings (SSSR count). The summed E-state index contributed by atoms with van der Waals surface area (Å²) in [6.07, 6.45) is 0. The second kappa shape index (κ2) is 8.68. The predicted octanol–water partition coefficient (Wildman–Crippen LogP) is 1.67. The molecular weight excluding hydrogens is 350 g/mol. The monoisotopic (exact) mass is 375 g/mol. The Morgan fingerprint density at radius 2 is 1.81 bits per heavy atom. The van der Waals surface area contributed by atoms with Crippen LogP contribution in [0, 0.1) is 27.7 Å². The van der Waals surface area contributed by atoms with Gasteiger partial charge < -0.3 is 24.8 Å². The number of carbonyl (C=O) groups is 2. The minimum Gasteiger partial charge on any atom is -0.460 e. The molecule has 2 aromatic heterocycles. The Morgan fingerprint density at radius 1 is 1.11 bits per heavy atom. The fraction of sp³-hybridized carbons (Fsp3) is 0.421. The fourth-order valence-corrected chi connectivity index (χ4v) is 2.93. The van der Waals surface area contributed by atoms with Crippen LogP contribution in [0.2, 0.25) is 0 Å². The largest absolute Gasteiger partial charge is 0.460 e. The van der Waals surface area contributed by atoms with Crippen molar-refractivity contribution in [2.24, 2.45) is 0 Å². The van der Waals surface area contributed by atoms with Crippen molar-refractivity contribution in [3.05, 3.63) is 55.8 Å². The minimum absolute atomic E-state index is 0.0887. The molecule has 0 saturated carbocycles. The van der Waals surface area contributed by atoms with Crippen LogP contribution in [0.3, 0.4) is 0 Å². The highest BCUT2D eigenvalue weighted by atomic mass is 16.6. The quantitative estimate of drug-likeness (QED) is 0.503. The molecular formula is C19H25N3O5. The lowest BCUT2D eigenvalue weighted by Gasteiger charge is -2.08. The lowest BCUT2D eigenvalue weighted by Crippen LogP contribution is -2.28. The molecule has 8 heteroatoms. The molecule has 146 valence electrons. The van der Waals surface area contributed by atoms with E-state index in [9.17, 15) is 14.4 Å². The third-order valence-electron chi connectivity index (χ3n) is 4.31. The van der Waals surface area contributed by atoms with Crippen LogP contribution in [0.1, 0.15) is 48.9 Å². The smallest absolute Gasteiger partial charge is 0.340 e. The Morgan fingerprint density at radius 3 is 2.44 bits per heavy atom. The number of methoxy groups -OCH3 is 1. The molecule has 1 amide bonds. The summed E-state index contributed by atoms with van der Waals surface area (Å²) in [5, 5.41) is 2.73. The van der Waals surface area contributed by atoms with Gasteiger partial charge in [0, 0.05) is 30.6 Å². The molecule has 0 atom stereocenters. The number of hydrogen-bond donors (Lipinski definition) is 3. The van der Waals surface area contributed by atoms with Crippen molar-refractivity contribution in [1.82, 2.24) is 15.3 Å². The Kier molecular flexibility index (Phi) is 6.57. The van der Waals surface area contributed by atoms with Crippen molar-refractivity contribution in [1.29, 1.82) is 0 Å². The SMILES string of the molecule is COCCOC(=O)c1c(C)[nH]c(C(=O)NCc2c(C)cc(C)[nH]c2=O)c1C. The van der Waals surface area contributed by atoms with E-state index in [2.05, 4.69) is 15.3 Å². The van der Waals surface area contributed by atoms with Crippen LogP contribution in [-0.2, 0) is 16.0 Å². The van der Waals surface area contributed by atoms with Gasteiger partial charge in [-0.2, -0.15) is 0 Å². The molecule has 8 nitrogen and oxygen atoms in total. The molecule has 0 radical (unpaired) electrons. The van der Waals surface area contributed by atoms with Gasteiger partial charge in [-0.05, 0) is 44.9 Å². The number of esters is 1. The molecule has 0 bridgehead atoms. The first-order valence-corrected chi connectivity index (χ1v) is 8.59. The van der Waals surface area contributed by atoms with Gasteiger partial charge in [0.2, 0.25) is 0 Å². The van der Waals surface area contributed by atoms with Gasteiger partial charge in [0.15, 0.2) is 0 Å². The number of carbonyl (C=O) groups excluding carboxylic acids is 2. The molecule has 0 fully saturated rings. The normalized spacial score (nSPS) is 10.7. The predicted molar refractivity (Wildman–Crippen MR) is 100 cm³/mol. The number of rotatable bonds is 7. The molecule has 2 heterocycles. The van der Waals surface area contributed by atoms with Crippen molar-refractivity contribution in [3.8, 4) is 0 Å². The highest BCUT2D eigenvalue weighted by molar-refractivity contribution is 6.00. The van der Waals surface area contributed by atoms with Crippen LogP contribution in [-0.4, -0.2) is 42.2 Å².